The van der Waals surface area contributed by atoms with Crippen molar-refractivity contribution < 1.29 is 4.79 Å². The molecule has 3 atom stereocenters. The number of hydrogen-bond donors (Lipinski definition) is 2. The van der Waals surface area contributed by atoms with Crippen molar-refractivity contribution in [2.45, 2.75) is 56.4 Å². The molecular weight excluding hydrogens is 256 g/mol. The zero-order valence-corrected chi connectivity index (χ0v) is 12.0. The van der Waals surface area contributed by atoms with E-state index in [2.05, 4.69) is 17.6 Å². The lowest BCUT2D eigenvalue weighted by atomic mass is 10.2. The maximum atomic E-state index is 12.0. The second kappa shape index (κ2) is 7.49. The summed E-state index contributed by atoms with van der Waals surface area (Å²) >= 11 is 2.00. The lowest BCUT2D eigenvalue weighted by Crippen LogP contribution is -2.47. The summed E-state index contributed by atoms with van der Waals surface area (Å²) in [4.78, 5) is 12.0. The summed E-state index contributed by atoms with van der Waals surface area (Å²) in [7, 11) is 0. The van der Waals surface area contributed by atoms with E-state index in [-0.39, 0.29) is 24.4 Å². The second-order valence-electron chi connectivity index (χ2n) is 4.69. The third-order valence-electron chi connectivity index (χ3n) is 3.54. The highest BCUT2D eigenvalue weighted by Gasteiger charge is 2.31. The Labute approximate surface area is 114 Å². The molecule has 100 valence electrons. The minimum atomic E-state index is 0. The molecule has 2 N–H and O–H groups in total. The number of halogens is 1. The van der Waals surface area contributed by atoms with E-state index in [1.54, 1.807) is 0 Å². The van der Waals surface area contributed by atoms with Crippen LogP contribution in [0.25, 0.3) is 0 Å². The Morgan fingerprint density at radius 1 is 1.35 bits per heavy atom. The van der Waals surface area contributed by atoms with Crippen molar-refractivity contribution >= 4 is 30.1 Å². The Morgan fingerprint density at radius 2 is 2.18 bits per heavy atom. The van der Waals surface area contributed by atoms with E-state index >= 15 is 0 Å². The predicted octanol–water partition coefficient (Wildman–Crippen LogP) is 1.95. The van der Waals surface area contributed by atoms with Crippen molar-refractivity contribution in [2.24, 2.45) is 0 Å². The average Bonchev–Trinajstić information content (AvgIpc) is 2.90. The first-order valence-corrected chi connectivity index (χ1v) is 7.51. The van der Waals surface area contributed by atoms with Crippen LogP contribution in [-0.4, -0.2) is 35.5 Å². The monoisotopic (exact) mass is 278 g/mol. The van der Waals surface area contributed by atoms with E-state index in [4.69, 9.17) is 0 Å². The van der Waals surface area contributed by atoms with Gasteiger partial charge in [-0.25, -0.2) is 0 Å². The fourth-order valence-electron chi connectivity index (χ4n) is 2.70. The lowest BCUT2D eigenvalue weighted by Gasteiger charge is -2.22. The summed E-state index contributed by atoms with van der Waals surface area (Å²) in [5, 5.41) is 7.14. The third kappa shape index (κ3) is 4.04. The van der Waals surface area contributed by atoms with Gasteiger partial charge in [-0.15, -0.1) is 12.4 Å². The molecule has 0 radical (unpaired) electrons. The molecule has 2 unspecified atom stereocenters. The molecule has 0 aromatic rings. The van der Waals surface area contributed by atoms with Crippen molar-refractivity contribution in [3.63, 3.8) is 0 Å². The Hall–Kier alpha value is 0.0700. The van der Waals surface area contributed by atoms with Crippen LogP contribution < -0.4 is 10.6 Å². The minimum absolute atomic E-state index is 0. The number of nitrogens with one attached hydrogen (secondary N) is 2. The smallest absolute Gasteiger partial charge is 0.237 e. The summed E-state index contributed by atoms with van der Waals surface area (Å²) in [5.74, 6) is 1.38. The molecule has 0 bridgehead atoms. The van der Waals surface area contributed by atoms with Crippen molar-refractivity contribution in [1.82, 2.24) is 10.6 Å². The molecule has 1 aliphatic carbocycles. The SMILES string of the molecule is CCSC1CCCC1NC(=O)[C@@H]1CCCN1.Cl. The Bertz CT molecular complexity index is 247. The van der Waals surface area contributed by atoms with Crippen molar-refractivity contribution in [3.05, 3.63) is 0 Å². The number of carbonyl (C=O) groups excluding carboxylic acids is 1. The first-order valence-electron chi connectivity index (χ1n) is 6.46. The predicted molar refractivity (Wildman–Crippen MR) is 76.0 cm³/mol. The van der Waals surface area contributed by atoms with Gasteiger partial charge in [0.25, 0.3) is 0 Å². The molecule has 3 nitrogen and oxygen atoms in total. The normalized spacial score (nSPS) is 32.2. The average molecular weight is 279 g/mol. The molecule has 1 aliphatic heterocycles. The maximum Gasteiger partial charge on any atom is 0.237 e. The molecule has 0 aromatic carbocycles. The largest absolute Gasteiger partial charge is 0.351 e. The standard InChI is InChI=1S/C12H22N2OS.ClH/c1-2-16-11-7-3-5-9(11)14-12(15)10-6-4-8-13-10;/h9-11,13H,2-8H2,1H3,(H,14,15);1H/t9?,10-,11?;/m0./s1. The van der Waals surface area contributed by atoms with Gasteiger partial charge in [-0.1, -0.05) is 13.3 Å². The third-order valence-corrected chi connectivity index (χ3v) is 4.86. The van der Waals surface area contributed by atoms with Crippen LogP contribution in [0.3, 0.4) is 0 Å². The van der Waals surface area contributed by atoms with Gasteiger partial charge in [0, 0.05) is 11.3 Å². The zero-order valence-electron chi connectivity index (χ0n) is 10.4. The van der Waals surface area contributed by atoms with Gasteiger partial charge in [-0.05, 0) is 38.0 Å². The van der Waals surface area contributed by atoms with Crippen molar-refractivity contribution in [1.29, 1.82) is 0 Å². The zero-order chi connectivity index (χ0) is 11.4. The molecule has 1 amide bonds. The van der Waals surface area contributed by atoms with E-state index in [1.807, 2.05) is 11.8 Å². The quantitative estimate of drug-likeness (QED) is 0.826. The molecule has 2 aliphatic rings. The number of rotatable bonds is 4. The van der Waals surface area contributed by atoms with E-state index in [9.17, 15) is 4.79 Å². The molecular formula is C12H23ClN2OS. The molecule has 17 heavy (non-hydrogen) atoms. The highest BCUT2D eigenvalue weighted by molar-refractivity contribution is 7.99. The van der Waals surface area contributed by atoms with Crippen LogP contribution in [-0.2, 0) is 4.79 Å². The molecule has 0 aromatic heterocycles. The van der Waals surface area contributed by atoms with E-state index in [0.717, 1.165) is 31.6 Å². The van der Waals surface area contributed by atoms with Crippen LogP contribution in [0.15, 0.2) is 0 Å². The summed E-state index contributed by atoms with van der Waals surface area (Å²) in [6, 6.07) is 0.493. The van der Waals surface area contributed by atoms with Gasteiger partial charge in [0.15, 0.2) is 0 Å². The Balaban J connectivity index is 0.00000144. The van der Waals surface area contributed by atoms with Crippen LogP contribution in [0.5, 0.6) is 0 Å². The molecule has 2 fully saturated rings. The van der Waals surface area contributed by atoms with Gasteiger partial charge in [-0.3, -0.25) is 4.79 Å². The highest BCUT2D eigenvalue weighted by atomic mass is 35.5. The van der Waals surface area contributed by atoms with E-state index in [0.29, 0.717) is 11.3 Å². The van der Waals surface area contributed by atoms with Crippen LogP contribution in [0.1, 0.15) is 39.0 Å². The van der Waals surface area contributed by atoms with Crippen molar-refractivity contribution in [2.75, 3.05) is 12.3 Å². The number of hydrogen-bond acceptors (Lipinski definition) is 3. The van der Waals surface area contributed by atoms with Gasteiger partial charge in [-0.2, -0.15) is 11.8 Å². The number of amides is 1. The maximum absolute atomic E-state index is 12.0. The topological polar surface area (TPSA) is 41.1 Å². The van der Waals surface area contributed by atoms with Crippen LogP contribution in [0.2, 0.25) is 0 Å². The first kappa shape index (κ1) is 15.1. The summed E-state index contributed by atoms with van der Waals surface area (Å²) in [5.41, 5.74) is 0. The molecule has 2 rings (SSSR count). The highest BCUT2D eigenvalue weighted by Crippen LogP contribution is 2.30. The fourth-order valence-corrected chi connectivity index (χ4v) is 3.89. The second-order valence-corrected chi connectivity index (χ2v) is 6.20. The molecule has 1 saturated heterocycles. The van der Waals surface area contributed by atoms with Crippen LogP contribution >= 0.6 is 24.2 Å². The van der Waals surface area contributed by atoms with Crippen LogP contribution in [0.4, 0.5) is 0 Å². The van der Waals surface area contributed by atoms with Crippen LogP contribution in [0, 0.1) is 0 Å². The molecule has 0 spiro atoms. The number of thioether (sulfide) groups is 1. The van der Waals surface area contributed by atoms with Gasteiger partial charge < -0.3 is 10.6 Å². The minimum Gasteiger partial charge on any atom is -0.351 e. The number of carbonyl (C=O) groups is 1. The van der Waals surface area contributed by atoms with Gasteiger partial charge in [0.05, 0.1) is 6.04 Å². The van der Waals surface area contributed by atoms with Gasteiger partial charge >= 0.3 is 0 Å². The van der Waals surface area contributed by atoms with Gasteiger partial charge in [0.2, 0.25) is 5.91 Å². The van der Waals surface area contributed by atoms with E-state index in [1.165, 1.54) is 12.8 Å². The Morgan fingerprint density at radius 3 is 2.82 bits per heavy atom. The summed E-state index contributed by atoms with van der Waals surface area (Å²) < 4.78 is 0. The molecule has 1 heterocycles. The lowest BCUT2D eigenvalue weighted by molar-refractivity contribution is -0.123. The fraction of sp³-hybridized carbons (Fsp3) is 0.917. The van der Waals surface area contributed by atoms with Gasteiger partial charge in [0.1, 0.15) is 0 Å². The summed E-state index contributed by atoms with van der Waals surface area (Å²) in [6.07, 6.45) is 5.83. The van der Waals surface area contributed by atoms with Crippen molar-refractivity contribution in [3.8, 4) is 0 Å². The van der Waals surface area contributed by atoms with E-state index < -0.39 is 0 Å². The molecule has 5 heteroatoms. The molecule has 1 saturated carbocycles. The summed E-state index contributed by atoms with van der Waals surface area (Å²) in [6.45, 7) is 3.19. The first-order chi connectivity index (χ1) is 7.81. The Kier molecular flexibility index (Phi) is 6.67.